The molecule has 2 atom stereocenters. The molecule has 102 valence electrons. The number of fused-ring (bicyclic) bond motifs is 1. The van der Waals surface area contributed by atoms with Gasteiger partial charge in [0.05, 0.1) is 5.56 Å². The third-order valence-corrected chi connectivity index (χ3v) is 4.16. The number of rotatable bonds is 2. The van der Waals surface area contributed by atoms with Gasteiger partial charge in [-0.15, -0.1) is 0 Å². The maximum Gasteiger partial charge on any atom is 0.250 e. The van der Waals surface area contributed by atoms with Crippen LogP contribution in [-0.2, 0) is 0 Å². The molecule has 1 amide bonds. The number of piperidine rings is 1. The molecule has 0 unspecified atom stereocenters. The van der Waals surface area contributed by atoms with Crippen molar-refractivity contribution in [3.63, 3.8) is 0 Å². The lowest BCUT2D eigenvalue weighted by molar-refractivity contribution is 0.100. The predicted octanol–water partition coefficient (Wildman–Crippen LogP) is 1.11. The third kappa shape index (κ3) is 2.30. The molecule has 3 rings (SSSR count). The van der Waals surface area contributed by atoms with Gasteiger partial charge in [-0.2, -0.15) is 0 Å². The summed E-state index contributed by atoms with van der Waals surface area (Å²) in [5.41, 5.74) is 6.38. The van der Waals surface area contributed by atoms with Crippen LogP contribution < -0.4 is 16.0 Å². The molecule has 2 aliphatic heterocycles. The summed E-state index contributed by atoms with van der Waals surface area (Å²) in [6.07, 6.45) is 2.41. The number of nitrogens with two attached hydrogens (primary N) is 1. The Morgan fingerprint density at radius 3 is 3.00 bits per heavy atom. The first-order valence-corrected chi connectivity index (χ1v) is 6.73. The van der Waals surface area contributed by atoms with E-state index in [1.54, 1.807) is 6.07 Å². The van der Waals surface area contributed by atoms with Gasteiger partial charge >= 0.3 is 0 Å². The van der Waals surface area contributed by atoms with Crippen LogP contribution in [0, 0.1) is 11.7 Å². The highest BCUT2D eigenvalue weighted by atomic mass is 19.1. The topological polar surface area (TPSA) is 58.4 Å². The summed E-state index contributed by atoms with van der Waals surface area (Å²) in [5.74, 6) is -0.385. The van der Waals surface area contributed by atoms with E-state index in [0.717, 1.165) is 25.3 Å². The standard InChI is InChI=1S/C14H18FN3O/c15-10-3-4-13(11(6-10)14(16)19)18-7-9-2-1-5-17-12(9)8-18/h3-4,6,9,12,17H,1-2,5,7-8H2,(H2,16,19)/t9-,12+/m0/s1. The zero-order chi connectivity index (χ0) is 13.4. The molecule has 2 fully saturated rings. The molecule has 2 saturated heterocycles. The summed E-state index contributed by atoms with van der Waals surface area (Å²) in [7, 11) is 0. The van der Waals surface area contributed by atoms with Crippen LogP contribution in [0.2, 0.25) is 0 Å². The van der Waals surface area contributed by atoms with E-state index < -0.39 is 11.7 Å². The highest BCUT2D eigenvalue weighted by Crippen LogP contribution is 2.31. The minimum atomic E-state index is -0.572. The number of benzene rings is 1. The monoisotopic (exact) mass is 263 g/mol. The number of nitrogens with zero attached hydrogens (tertiary/aromatic N) is 1. The fraction of sp³-hybridized carbons (Fsp3) is 0.500. The lowest BCUT2D eigenvalue weighted by Gasteiger charge is -2.24. The van der Waals surface area contributed by atoms with E-state index in [9.17, 15) is 9.18 Å². The molecule has 0 aromatic heterocycles. The molecule has 3 N–H and O–H groups in total. The van der Waals surface area contributed by atoms with E-state index >= 15 is 0 Å². The Hall–Kier alpha value is -1.62. The number of anilines is 1. The summed E-state index contributed by atoms with van der Waals surface area (Å²) in [5, 5.41) is 3.51. The molecular weight excluding hydrogens is 245 g/mol. The highest BCUT2D eigenvalue weighted by molar-refractivity contribution is 5.98. The third-order valence-electron chi connectivity index (χ3n) is 4.16. The van der Waals surface area contributed by atoms with Gasteiger partial charge in [0.15, 0.2) is 0 Å². The first-order valence-electron chi connectivity index (χ1n) is 6.73. The minimum absolute atomic E-state index is 0.277. The first-order chi connectivity index (χ1) is 9.15. The molecule has 1 aromatic carbocycles. The van der Waals surface area contributed by atoms with Gasteiger partial charge in [-0.05, 0) is 43.5 Å². The number of halogens is 1. The van der Waals surface area contributed by atoms with Crippen molar-refractivity contribution >= 4 is 11.6 Å². The van der Waals surface area contributed by atoms with Gasteiger partial charge in [0, 0.05) is 24.8 Å². The Kier molecular flexibility index (Phi) is 3.14. The quantitative estimate of drug-likeness (QED) is 0.840. The van der Waals surface area contributed by atoms with Crippen LogP contribution in [0.15, 0.2) is 18.2 Å². The summed E-state index contributed by atoms with van der Waals surface area (Å²) >= 11 is 0. The molecule has 2 aliphatic rings. The Bertz CT molecular complexity index is 491. The number of carbonyl (C=O) groups excluding carboxylic acids is 1. The van der Waals surface area contributed by atoms with Gasteiger partial charge in [0.1, 0.15) is 5.82 Å². The number of hydrogen-bond donors (Lipinski definition) is 2. The summed E-state index contributed by atoms with van der Waals surface area (Å²) < 4.78 is 13.3. The predicted molar refractivity (Wildman–Crippen MR) is 71.6 cm³/mol. The van der Waals surface area contributed by atoms with E-state index in [0.29, 0.717) is 12.0 Å². The largest absolute Gasteiger partial charge is 0.369 e. The van der Waals surface area contributed by atoms with Gasteiger partial charge in [-0.25, -0.2) is 4.39 Å². The molecule has 4 nitrogen and oxygen atoms in total. The molecule has 0 spiro atoms. The van der Waals surface area contributed by atoms with Crippen molar-refractivity contribution in [2.24, 2.45) is 11.7 Å². The number of amides is 1. The van der Waals surface area contributed by atoms with Crippen LogP contribution in [0.25, 0.3) is 0 Å². The molecule has 0 aliphatic carbocycles. The van der Waals surface area contributed by atoms with E-state index in [-0.39, 0.29) is 5.56 Å². The van der Waals surface area contributed by atoms with Crippen LogP contribution in [0.4, 0.5) is 10.1 Å². The van der Waals surface area contributed by atoms with Gasteiger partial charge in [0.25, 0.3) is 5.91 Å². The van der Waals surface area contributed by atoms with Crippen LogP contribution in [0.5, 0.6) is 0 Å². The average molecular weight is 263 g/mol. The summed E-state index contributed by atoms with van der Waals surface area (Å²) in [6, 6.07) is 4.75. The molecule has 19 heavy (non-hydrogen) atoms. The van der Waals surface area contributed by atoms with E-state index in [1.807, 2.05) is 0 Å². The van der Waals surface area contributed by atoms with Crippen molar-refractivity contribution in [1.29, 1.82) is 0 Å². The molecule has 0 radical (unpaired) electrons. The minimum Gasteiger partial charge on any atom is -0.369 e. The molecule has 0 saturated carbocycles. The number of nitrogens with one attached hydrogen (secondary N) is 1. The maximum atomic E-state index is 13.3. The number of hydrogen-bond acceptors (Lipinski definition) is 3. The van der Waals surface area contributed by atoms with Crippen molar-refractivity contribution in [3.05, 3.63) is 29.6 Å². The normalized spacial score (nSPS) is 26.3. The molecular formula is C14H18FN3O. The van der Waals surface area contributed by atoms with Crippen molar-refractivity contribution in [2.45, 2.75) is 18.9 Å². The Morgan fingerprint density at radius 1 is 1.42 bits per heavy atom. The lowest BCUT2D eigenvalue weighted by atomic mass is 9.94. The molecule has 1 aromatic rings. The van der Waals surface area contributed by atoms with Gasteiger partial charge in [-0.3, -0.25) is 4.79 Å². The fourth-order valence-electron chi connectivity index (χ4n) is 3.22. The Labute approximate surface area is 111 Å². The second-order valence-electron chi connectivity index (χ2n) is 5.39. The van der Waals surface area contributed by atoms with Gasteiger partial charge in [-0.1, -0.05) is 0 Å². The van der Waals surface area contributed by atoms with Crippen molar-refractivity contribution in [2.75, 3.05) is 24.5 Å². The molecule has 5 heteroatoms. The maximum absolute atomic E-state index is 13.3. The SMILES string of the molecule is NC(=O)c1cc(F)ccc1N1C[C@@H]2CCCN[C@@H]2C1. The Balaban J connectivity index is 1.88. The second kappa shape index (κ2) is 4.81. The van der Waals surface area contributed by atoms with Crippen LogP contribution in [0.3, 0.4) is 0 Å². The number of carbonyl (C=O) groups is 1. The average Bonchev–Trinajstić information content (AvgIpc) is 2.82. The van der Waals surface area contributed by atoms with Crippen LogP contribution in [-0.4, -0.2) is 31.6 Å². The van der Waals surface area contributed by atoms with Crippen molar-refractivity contribution < 1.29 is 9.18 Å². The highest BCUT2D eigenvalue weighted by Gasteiger charge is 2.35. The summed E-state index contributed by atoms with van der Waals surface area (Å²) in [6.45, 7) is 2.82. The van der Waals surface area contributed by atoms with Crippen LogP contribution in [0.1, 0.15) is 23.2 Å². The molecule has 0 bridgehead atoms. The smallest absolute Gasteiger partial charge is 0.250 e. The Morgan fingerprint density at radius 2 is 2.26 bits per heavy atom. The first kappa shape index (κ1) is 12.4. The summed E-state index contributed by atoms with van der Waals surface area (Å²) in [4.78, 5) is 13.6. The van der Waals surface area contributed by atoms with Crippen LogP contribution >= 0.6 is 0 Å². The zero-order valence-corrected chi connectivity index (χ0v) is 10.7. The van der Waals surface area contributed by atoms with Gasteiger partial charge in [0.2, 0.25) is 0 Å². The molecule has 2 heterocycles. The van der Waals surface area contributed by atoms with E-state index in [2.05, 4.69) is 10.2 Å². The van der Waals surface area contributed by atoms with Crippen molar-refractivity contribution in [3.8, 4) is 0 Å². The van der Waals surface area contributed by atoms with Gasteiger partial charge < -0.3 is 16.0 Å². The zero-order valence-electron chi connectivity index (χ0n) is 10.7. The fourth-order valence-corrected chi connectivity index (χ4v) is 3.22. The van der Waals surface area contributed by atoms with Crippen molar-refractivity contribution in [1.82, 2.24) is 5.32 Å². The number of primary amides is 1. The van der Waals surface area contributed by atoms with E-state index in [4.69, 9.17) is 5.73 Å². The second-order valence-corrected chi connectivity index (χ2v) is 5.39. The lowest BCUT2D eigenvalue weighted by Crippen LogP contribution is -2.40. The van der Waals surface area contributed by atoms with E-state index in [1.165, 1.54) is 25.0 Å².